The summed E-state index contributed by atoms with van der Waals surface area (Å²) < 4.78 is 21.2. The molecule has 0 radical (unpaired) electrons. The highest BCUT2D eigenvalue weighted by molar-refractivity contribution is 6.31. The summed E-state index contributed by atoms with van der Waals surface area (Å²) >= 11 is 6.06. The van der Waals surface area contributed by atoms with E-state index in [1.807, 2.05) is 6.92 Å². The molecule has 0 heterocycles. The van der Waals surface area contributed by atoms with E-state index in [-0.39, 0.29) is 12.5 Å². The van der Waals surface area contributed by atoms with Crippen LogP contribution < -0.4 is 24.3 Å². The molecular formula is C18H20ClNO5. The van der Waals surface area contributed by atoms with Crippen LogP contribution >= 0.6 is 11.6 Å². The van der Waals surface area contributed by atoms with Crippen molar-refractivity contribution in [1.82, 2.24) is 0 Å². The standard InChI is InChI=1S/C18H20ClNO5/c1-11-8-13(16(23-3)9-12(11)19)20-17(21)10-25-15-7-5-6-14(22-2)18(15)24-4/h5-9H,10H2,1-4H3,(H,20,21). The third-order valence-corrected chi connectivity index (χ3v) is 3.89. The summed E-state index contributed by atoms with van der Waals surface area (Å²) in [5.74, 6) is 1.50. The number of aryl methyl sites for hydroxylation is 1. The first-order valence-electron chi connectivity index (χ1n) is 7.48. The maximum Gasteiger partial charge on any atom is 0.262 e. The summed E-state index contributed by atoms with van der Waals surface area (Å²) in [5.41, 5.74) is 1.35. The van der Waals surface area contributed by atoms with Crippen molar-refractivity contribution in [2.24, 2.45) is 0 Å². The number of benzene rings is 2. The van der Waals surface area contributed by atoms with Gasteiger partial charge in [-0.05, 0) is 30.7 Å². The van der Waals surface area contributed by atoms with Crippen LogP contribution in [0.4, 0.5) is 5.69 Å². The van der Waals surface area contributed by atoms with Crippen molar-refractivity contribution in [2.45, 2.75) is 6.92 Å². The molecule has 1 amide bonds. The second-order valence-electron chi connectivity index (χ2n) is 5.13. The summed E-state index contributed by atoms with van der Waals surface area (Å²) in [6, 6.07) is 8.58. The van der Waals surface area contributed by atoms with Crippen molar-refractivity contribution in [3.63, 3.8) is 0 Å². The van der Waals surface area contributed by atoms with Gasteiger partial charge in [0.15, 0.2) is 18.1 Å². The summed E-state index contributed by atoms with van der Waals surface area (Å²) in [5, 5.41) is 3.31. The van der Waals surface area contributed by atoms with E-state index in [0.717, 1.165) is 5.56 Å². The molecule has 0 saturated heterocycles. The second kappa shape index (κ2) is 8.48. The Morgan fingerprint density at radius 3 is 2.36 bits per heavy atom. The van der Waals surface area contributed by atoms with Crippen molar-refractivity contribution in [1.29, 1.82) is 0 Å². The molecule has 0 unspecified atom stereocenters. The number of methoxy groups -OCH3 is 3. The van der Waals surface area contributed by atoms with Crippen molar-refractivity contribution < 1.29 is 23.7 Å². The van der Waals surface area contributed by atoms with Crippen molar-refractivity contribution >= 4 is 23.2 Å². The maximum absolute atomic E-state index is 12.2. The molecular weight excluding hydrogens is 346 g/mol. The van der Waals surface area contributed by atoms with Gasteiger partial charge in [0.05, 0.1) is 27.0 Å². The fraction of sp³-hybridized carbons (Fsp3) is 0.278. The number of hydrogen-bond donors (Lipinski definition) is 1. The molecule has 2 aromatic rings. The van der Waals surface area contributed by atoms with Crippen molar-refractivity contribution in [3.05, 3.63) is 40.9 Å². The Hall–Kier alpha value is -2.60. The Balaban J connectivity index is 2.08. The van der Waals surface area contributed by atoms with E-state index in [2.05, 4.69) is 5.32 Å². The van der Waals surface area contributed by atoms with Gasteiger partial charge in [-0.25, -0.2) is 0 Å². The Morgan fingerprint density at radius 1 is 1.04 bits per heavy atom. The van der Waals surface area contributed by atoms with E-state index in [4.69, 9.17) is 30.5 Å². The van der Waals surface area contributed by atoms with Crippen LogP contribution in [0.25, 0.3) is 0 Å². The lowest BCUT2D eigenvalue weighted by atomic mass is 10.2. The summed E-state index contributed by atoms with van der Waals surface area (Å²) in [4.78, 5) is 12.2. The van der Waals surface area contributed by atoms with Gasteiger partial charge in [-0.3, -0.25) is 4.79 Å². The number of rotatable bonds is 7. The van der Waals surface area contributed by atoms with Gasteiger partial charge in [-0.15, -0.1) is 0 Å². The van der Waals surface area contributed by atoms with E-state index >= 15 is 0 Å². The van der Waals surface area contributed by atoms with E-state index in [1.165, 1.54) is 21.3 Å². The molecule has 0 saturated carbocycles. The normalized spacial score (nSPS) is 10.1. The quantitative estimate of drug-likeness (QED) is 0.810. The lowest BCUT2D eigenvalue weighted by Gasteiger charge is -2.15. The number of hydrogen-bond acceptors (Lipinski definition) is 5. The summed E-state index contributed by atoms with van der Waals surface area (Å²) in [6.07, 6.45) is 0. The Morgan fingerprint density at radius 2 is 1.72 bits per heavy atom. The van der Waals surface area contributed by atoms with Gasteiger partial charge in [-0.2, -0.15) is 0 Å². The largest absolute Gasteiger partial charge is 0.495 e. The predicted molar refractivity (Wildman–Crippen MR) is 96.4 cm³/mol. The number of carbonyl (C=O) groups is 1. The van der Waals surface area contributed by atoms with Crippen molar-refractivity contribution in [2.75, 3.05) is 33.3 Å². The smallest absolute Gasteiger partial charge is 0.262 e. The fourth-order valence-electron chi connectivity index (χ4n) is 2.23. The molecule has 0 aliphatic heterocycles. The maximum atomic E-state index is 12.2. The molecule has 25 heavy (non-hydrogen) atoms. The van der Waals surface area contributed by atoms with E-state index in [9.17, 15) is 4.79 Å². The monoisotopic (exact) mass is 365 g/mol. The molecule has 2 aromatic carbocycles. The predicted octanol–water partition coefficient (Wildman–Crippen LogP) is 3.69. The molecule has 0 spiro atoms. The highest BCUT2D eigenvalue weighted by Crippen LogP contribution is 2.36. The number of ether oxygens (including phenoxy) is 4. The number of anilines is 1. The number of para-hydroxylation sites is 1. The summed E-state index contributed by atoms with van der Waals surface area (Å²) in [7, 11) is 4.55. The van der Waals surface area contributed by atoms with Gasteiger partial charge in [0.2, 0.25) is 5.75 Å². The van der Waals surface area contributed by atoms with Gasteiger partial charge in [0.25, 0.3) is 5.91 Å². The Bertz CT molecular complexity index is 763. The first-order chi connectivity index (χ1) is 12.0. The van der Waals surface area contributed by atoms with Crippen LogP contribution in [0.5, 0.6) is 23.0 Å². The average Bonchev–Trinajstić information content (AvgIpc) is 2.62. The molecule has 0 aliphatic rings. The average molecular weight is 366 g/mol. The number of halogens is 1. The topological polar surface area (TPSA) is 66.0 Å². The van der Waals surface area contributed by atoms with Crippen LogP contribution in [0.2, 0.25) is 5.02 Å². The van der Waals surface area contributed by atoms with Gasteiger partial charge in [0.1, 0.15) is 5.75 Å². The van der Waals surface area contributed by atoms with Crippen LogP contribution in [0.3, 0.4) is 0 Å². The summed E-state index contributed by atoms with van der Waals surface area (Å²) in [6.45, 7) is 1.64. The minimum absolute atomic E-state index is 0.200. The molecule has 1 N–H and O–H groups in total. The lowest BCUT2D eigenvalue weighted by Crippen LogP contribution is -2.20. The van der Waals surface area contributed by atoms with Crippen LogP contribution in [0.1, 0.15) is 5.56 Å². The van der Waals surface area contributed by atoms with Crippen LogP contribution in [-0.4, -0.2) is 33.8 Å². The SMILES string of the molecule is COc1cc(Cl)c(C)cc1NC(=O)COc1cccc(OC)c1OC. The Kier molecular flexibility index (Phi) is 6.36. The first-order valence-corrected chi connectivity index (χ1v) is 7.85. The third kappa shape index (κ3) is 4.48. The third-order valence-electron chi connectivity index (χ3n) is 3.48. The van der Waals surface area contributed by atoms with Crippen LogP contribution in [-0.2, 0) is 4.79 Å². The van der Waals surface area contributed by atoms with Gasteiger partial charge in [0, 0.05) is 11.1 Å². The van der Waals surface area contributed by atoms with E-state index < -0.39 is 0 Å². The highest BCUT2D eigenvalue weighted by Gasteiger charge is 2.14. The van der Waals surface area contributed by atoms with Crippen LogP contribution in [0, 0.1) is 6.92 Å². The molecule has 2 rings (SSSR count). The minimum atomic E-state index is -0.343. The van der Waals surface area contributed by atoms with E-state index in [1.54, 1.807) is 30.3 Å². The zero-order valence-electron chi connectivity index (χ0n) is 14.5. The van der Waals surface area contributed by atoms with E-state index in [0.29, 0.717) is 33.7 Å². The minimum Gasteiger partial charge on any atom is -0.495 e. The molecule has 7 heteroatoms. The van der Waals surface area contributed by atoms with Gasteiger partial charge in [-0.1, -0.05) is 17.7 Å². The molecule has 0 fully saturated rings. The first kappa shape index (κ1) is 18.7. The zero-order chi connectivity index (χ0) is 18.4. The fourth-order valence-corrected chi connectivity index (χ4v) is 2.38. The lowest BCUT2D eigenvalue weighted by molar-refractivity contribution is -0.118. The number of carbonyl (C=O) groups excluding carboxylic acids is 1. The van der Waals surface area contributed by atoms with Gasteiger partial charge >= 0.3 is 0 Å². The molecule has 6 nitrogen and oxygen atoms in total. The zero-order valence-corrected chi connectivity index (χ0v) is 15.3. The van der Waals surface area contributed by atoms with Gasteiger partial charge < -0.3 is 24.3 Å². The molecule has 134 valence electrons. The molecule has 0 aromatic heterocycles. The molecule has 0 aliphatic carbocycles. The number of amides is 1. The molecule has 0 atom stereocenters. The molecule has 0 bridgehead atoms. The highest BCUT2D eigenvalue weighted by atomic mass is 35.5. The van der Waals surface area contributed by atoms with Crippen molar-refractivity contribution in [3.8, 4) is 23.0 Å². The van der Waals surface area contributed by atoms with Crippen LogP contribution in [0.15, 0.2) is 30.3 Å². The Labute approximate surface area is 151 Å². The number of nitrogens with one attached hydrogen (secondary N) is 1. The second-order valence-corrected chi connectivity index (χ2v) is 5.54.